The van der Waals surface area contributed by atoms with E-state index in [0.29, 0.717) is 30.1 Å². The number of aryl methyl sites for hydroxylation is 1. The molecule has 0 radical (unpaired) electrons. The number of benzene rings is 1. The maximum atomic E-state index is 12.4. The molecule has 0 saturated carbocycles. The highest BCUT2D eigenvalue weighted by molar-refractivity contribution is 7.89. The van der Waals surface area contributed by atoms with Gasteiger partial charge in [0.05, 0.1) is 17.0 Å². The van der Waals surface area contributed by atoms with Gasteiger partial charge in [0.2, 0.25) is 15.9 Å². The predicted octanol–water partition coefficient (Wildman–Crippen LogP) is 1.66. The molecule has 0 unspecified atom stereocenters. The van der Waals surface area contributed by atoms with E-state index >= 15 is 0 Å². The lowest BCUT2D eigenvalue weighted by molar-refractivity contribution is 0.375. The zero-order chi connectivity index (χ0) is 18.9. The third-order valence-corrected chi connectivity index (χ3v) is 5.62. The second-order valence-corrected chi connectivity index (χ2v) is 7.69. The van der Waals surface area contributed by atoms with Gasteiger partial charge in [-0.2, -0.15) is 4.98 Å². The Hall–Kier alpha value is -2.46. The standard InChI is InChI=1S/C16H20N4O5S/c1-4-10(3)19-26(22,23)11-6-7-12-13(8-11)24-16(21)20(12)9-14-17-15(5-2)25-18-14/h6-8,10,19H,4-5,9H2,1-3H3/t10-/m0/s1. The molecule has 3 aromatic rings. The van der Waals surface area contributed by atoms with Gasteiger partial charge < -0.3 is 8.94 Å². The Labute approximate surface area is 150 Å². The average molecular weight is 380 g/mol. The molecule has 1 N–H and O–H groups in total. The average Bonchev–Trinajstić information content (AvgIpc) is 3.18. The van der Waals surface area contributed by atoms with Gasteiger partial charge in [0.1, 0.15) is 0 Å². The van der Waals surface area contributed by atoms with Crippen molar-refractivity contribution in [1.82, 2.24) is 19.4 Å². The van der Waals surface area contributed by atoms with E-state index in [1.165, 1.54) is 22.8 Å². The van der Waals surface area contributed by atoms with Crippen LogP contribution in [0.15, 0.2) is 36.8 Å². The van der Waals surface area contributed by atoms with Crippen LogP contribution in [0.5, 0.6) is 0 Å². The molecule has 0 aliphatic heterocycles. The summed E-state index contributed by atoms with van der Waals surface area (Å²) in [4.78, 5) is 16.4. The summed E-state index contributed by atoms with van der Waals surface area (Å²) in [6, 6.07) is 4.11. The minimum absolute atomic E-state index is 0.0408. The van der Waals surface area contributed by atoms with E-state index in [-0.39, 0.29) is 23.1 Å². The van der Waals surface area contributed by atoms with Crippen molar-refractivity contribution in [1.29, 1.82) is 0 Å². The third kappa shape index (κ3) is 3.56. The number of oxazole rings is 1. The van der Waals surface area contributed by atoms with Crippen LogP contribution in [0.2, 0.25) is 0 Å². The van der Waals surface area contributed by atoms with E-state index < -0.39 is 15.8 Å². The van der Waals surface area contributed by atoms with Crippen LogP contribution in [-0.4, -0.2) is 29.2 Å². The molecule has 0 aliphatic carbocycles. The molecule has 9 nitrogen and oxygen atoms in total. The van der Waals surface area contributed by atoms with E-state index in [4.69, 9.17) is 8.94 Å². The summed E-state index contributed by atoms with van der Waals surface area (Å²) in [6.45, 7) is 5.62. The molecule has 1 atom stereocenters. The van der Waals surface area contributed by atoms with Crippen molar-refractivity contribution < 1.29 is 17.4 Å². The molecule has 26 heavy (non-hydrogen) atoms. The first-order chi connectivity index (χ1) is 12.3. The molecular formula is C16H20N4O5S. The van der Waals surface area contributed by atoms with E-state index in [0.717, 1.165) is 0 Å². The third-order valence-electron chi connectivity index (χ3n) is 4.03. The Bertz CT molecular complexity index is 1080. The molecule has 140 valence electrons. The Morgan fingerprint density at radius 3 is 2.73 bits per heavy atom. The lowest BCUT2D eigenvalue weighted by Gasteiger charge is -2.11. The van der Waals surface area contributed by atoms with E-state index in [1.54, 1.807) is 6.92 Å². The maximum Gasteiger partial charge on any atom is 0.420 e. The number of nitrogens with zero attached hydrogens (tertiary/aromatic N) is 3. The van der Waals surface area contributed by atoms with Crippen LogP contribution >= 0.6 is 0 Å². The first-order valence-electron chi connectivity index (χ1n) is 8.31. The smallest absolute Gasteiger partial charge is 0.408 e. The molecule has 0 bridgehead atoms. The zero-order valence-electron chi connectivity index (χ0n) is 14.7. The van der Waals surface area contributed by atoms with Gasteiger partial charge in [0.15, 0.2) is 11.4 Å². The summed E-state index contributed by atoms with van der Waals surface area (Å²) < 4.78 is 38.9. The lowest BCUT2D eigenvalue weighted by atomic mass is 10.3. The molecule has 2 heterocycles. The highest BCUT2D eigenvalue weighted by Gasteiger charge is 2.20. The highest BCUT2D eigenvalue weighted by Crippen LogP contribution is 2.19. The van der Waals surface area contributed by atoms with Crippen molar-refractivity contribution >= 4 is 21.1 Å². The Morgan fingerprint density at radius 2 is 2.08 bits per heavy atom. The number of rotatable bonds is 7. The van der Waals surface area contributed by atoms with Crippen molar-refractivity contribution in [3.63, 3.8) is 0 Å². The summed E-state index contributed by atoms with van der Waals surface area (Å²) in [7, 11) is -3.69. The van der Waals surface area contributed by atoms with Gasteiger partial charge in [0.25, 0.3) is 0 Å². The molecular weight excluding hydrogens is 360 g/mol. The van der Waals surface area contributed by atoms with Crippen LogP contribution in [0.25, 0.3) is 11.1 Å². The Morgan fingerprint density at radius 1 is 1.31 bits per heavy atom. The summed E-state index contributed by atoms with van der Waals surface area (Å²) >= 11 is 0. The largest absolute Gasteiger partial charge is 0.420 e. The topological polar surface area (TPSA) is 120 Å². The SMILES string of the molecule is CCc1nc(Cn2c(=O)oc3cc(S(=O)(=O)N[C@@H](C)CC)ccc32)no1. The molecule has 0 saturated heterocycles. The van der Waals surface area contributed by atoms with E-state index in [1.807, 2.05) is 13.8 Å². The van der Waals surface area contributed by atoms with Crippen molar-refractivity contribution in [2.75, 3.05) is 0 Å². The zero-order valence-corrected chi connectivity index (χ0v) is 15.5. The van der Waals surface area contributed by atoms with Gasteiger partial charge in [-0.05, 0) is 25.5 Å². The second-order valence-electron chi connectivity index (χ2n) is 5.97. The first-order valence-corrected chi connectivity index (χ1v) is 9.79. The molecule has 0 spiro atoms. The van der Waals surface area contributed by atoms with Gasteiger partial charge >= 0.3 is 5.76 Å². The molecule has 0 amide bonds. The monoisotopic (exact) mass is 380 g/mol. The quantitative estimate of drug-likeness (QED) is 0.662. The fourth-order valence-electron chi connectivity index (χ4n) is 2.42. The molecule has 1 aromatic carbocycles. The predicted molar refractivity (Wildman–Crippen MR) is 93.3 cm³/mol. The van der Waals surface area contributed by atoms with E-state index in [2.05, 4.69) is 14.9 Å². The second kappa shape index (κ2) is 7.04. The summed E-state index contributed by atoms with van der Waals surface area (Å²) in [5.74, 6) is 0.208. The van der Waals surface area contributed by atoms with Gasteiger partial charge in [-0.25, -0.2) is 17.9 Å². The number of nitrogens with one attached hydrogen (secondary N) is 1. The summed E-state index contributed by atoms with van der Waals surface area (Å²) in [5.41, 5.74) is 0.640. The molecule has 0 fully saturated rings. The Balaban J connectivity index is 1.96. The van der Waals surface area contributed by atoms with Crippen LogP contribution in [0.4, 0.5) is 0 Å². The minimum Gasteiger partial charge on any atom is -0.408 e. The number of aromatic nitrogens is 3. The number of hydrogen-bond donors (Lipinski definition) is 1. The minimum atomic E-state index is -3.69. The van der Waals surface area contributed by atoms with Gasteiger partial charge in [0, 0.05) is 18.5 Å². The fourth-order valence-corrected chi connectivity index (χ4v) is 3.76. The summed E-state index contributed by atoms with van der Waals surface area (Å²) in [6.07, 6.45) is 1.26. The van der Waals surface area contributed by atoms with Crippen molar-refractivity contribution in [3.05, 3.63) is 40.5 Å². The van der Waals surface area contributed by atoms with Crippen LogP contribution in [0, 0.1) is 0 Å². The van der Waals surface area contributed by atoms with E-state index in [9.17, 15) is 13.2 Å². The number of fused-ring (bicyclic) bond motifs is 1. The molecule has 10 heteroatoms. The summed E-state index contributed by atoms with van der Waals surface area (Å²) in [5, 5.41) is 3.82. The van der Waals surface area contributed by atoms with Gasteiger partial charge in [-0.3, -0.25) is 4.57 Å². The van der Waals surface area contributed by atoms with Crippen molar-refractivity contribution in [3.8, 4) is 0 Å². The van der Waals surface area contributed by atoms with Crippen LogP contribution in [0.3, 0.4) is 0 Å². The molecule has 3 rings (SSSR count). The maximum absolute atomic E-state index is 12.4. The van der Waals surface area contributed by atoms with Gasteiger partial charge in [-0.1, -0.05) is 19.0 Å². The molecule has 2 aromatic heterocycles. The fraction of sp³-hybridized carbons (Fsp3) is 0.438. The first kappa shape index (κ1) is 18.3. The number of sulfonamides is 1. The van der Waals surface area contributed by atoms with Crippen LogP contribution < -0.4 is 10.5 Å². The lowest BCUT2D eigenvalue weighted by Crippen LogP contribution is -2.31. The highest BCUT2D eigenvalue weighted by atomic mass is 32.2. The Kier molecular flexibility index (Phi) is 4.97. The van der Waals surface area contributed by atoms with Crippen molar-refractivity contribution in [2.24, 2.45) is 0 Å². The van der Waals surface area contributed by atoms with Crippen molar-refractivity contribution in [2.45, 2.75) is 51.1 Å². The number of hydrogen-bond acceptors (Lipinski definition) is 7. The van der Waals surface area contributed by atoms with Crippen LogP contribution in [0.1, 0.15) is 38.9 Å². The van der Waals surface area contributed by atoms with Crippen LogP contribution in [-0.2, 0) is 23.0 Å². The normalized spacial score (nSPS) is 13.3. The molecule has 0 aliphatic rings. The van der Waals surface area contributed by atoms with Gasteiger partial charge in [-0.15, -0.1) is 0 Å².